The molecule has 5 aromatic rings. The highest BCUT2D eigenvalue weighted by atomic mass is 35.5. The van der Waals surface area contributed by atoms with E-state index in [0.717, 1.165) is 60.1 Å². The van der Waals surface area contributed by atoms with Crippen LogP contribution in [0.25, 0.3) is 16.7 Å². The van der Waals surface area contributed by atoms with Crippen LogP contribution in [0.4, 0.5) is 11.5 Å². The van der Waals surface area contributed by atoms with Gasteiger partial charge in [0.15, 0.2) is 11.5 Å². The van der Waals surface area contributed by atoms with Crippen LogP contribution in [0.15, 0.2) is 86.1 Å². The van der Waals surface area contributed by atoms with E-state index in [1.807, 2.05) is 36.4 Å². The third-order valence-electron chi connectivity index (χ3n) is 7.35. The molecule has 1 N–H and O–H groups in total. The number of aromatic nitrogens is 6. The number of allylic oxidation sites excluding steroid dienone is 2. The molecule has 0 saturated heterocycles. The summed E-state index contributed by atoms with van der Waals surface area (Å²) in [5, 5.41) is 7.93. The number of nitrogens with one attached hydrogen (secondary N) is 1. The SMILES string of the molecule is C=CC(=C)C1CCCC(c2ccc3ncnc(Nc4ccc(Oc5ccn6ncnc6c5)c(Cl)c4)c3n2)CC1. The molecule has 4 heterocycles. The van der Waals surface area contributed by atoms with E-state index < -0.39 is 0 Å². The Hall–Kier alpha value is -4.30. The van der Waals surface area contributed by atoms with Gasteiger partial charge < -0.3 is 10.1 Å². The molecule has 1 saturated carbocycles. The van der Waals surface area contributed by atoms with E-state index in [2.05, 4.69) is 44.6 Å². The van der Waals surface area contributed by atoms with Crippen molar-refractivity contribution in [1.29, 1.82) is 0 Å². The lowest BCUT2D eigenvalue weighted by atomic mass is 9.91. The number of pyridine rings is 2. The van der Waals surface area contributed by atoms with E-state index in [9.17, 15) is 0 Å². The van der Waals surface area contributed by atoms with Crippen molar-refractivity contribution in [3.8, 4) is 11.5 Å². The molecule has 39 heavy (non-hydrogen) atoms. The largest absolute Gasteiger partial charge is 0.456 e. The summed E-state index contributed by atoms with van der Waals surface area (Å²) in [6, 6.07) is 13.3. The van der Waals surface area contributed by atoms with Gasteiger partial charge in [0.05, 0.1) is 10.5 Å². The quantitative estimate of drug-likeness (QED) is 0.168. The van der Waals surface area contributed by atoms with Crippen LogP contribution in [0.1, 0.15) is 43.7 Å². The summed E-state index contributed by atoms with van der Waals surface area (Å²) in [4.78, 5) is 18.2. The molecule has 0 aliphatic heterocycles. The van der Waals surface area contributed by atoms with Crippen LogP contribution in [0, 0.1) is 5.92 Å². The first-order valence-electron chi connectivity index (χ1n) is 13.0. The fourth-order valence-corrected chi connectivity index (χ4v) is 5.41. The van der Waals surface area contributed by atoms with Gasteiger partial charge in [0.25, 0.3) is 0 Å². The minimum atomic E-state index is 0.396. The molecule has 9 heteroatoms. The molecule has 0 bridgehead atoms. The molecule has 6 rings (SSSR count). The Labute approximate surface area is 231 Å². The van der Waals surface area contributed by atoms with Gasteiger partial charge in [-0.3, -0.25) is 0 Å². The third kappa shape index (κ3) is 5.33. The van der Waals surface area contributed by atoms with E-state index in [0.29, 0.717) is 39.8 Å². The lowest BCUT2D eigenvalue weighted by molar-refractivity contribution is 0.482. The summed E-state index contributed by atoms with van der Waals surface area (Å²) >= 11 is 6.59. The lowest BCUT2D eigenvalue weighted by Gasteiger charge is -2.16. The Morgan fingerprint density at radius 1 is 1.03 bits per heavy atom. The average Bonchev–Trinajstić information content (AvgIpc) is 3.28. The maximum absolute atomic E-state index is 6.59. The van der Waals surface area contributed by atoms with Crippen LogP contribution in [0.3, 0.4) is 0 Å². The predicted molar refractivity (Wildman–Crippen MR) is 154 cm³/mol. The Balaban J connectivity index is 1.22. The highest BCUT2D eigenvalue weighted by Crippen LogP contribution is 2.37. The van der Waals surface area contributed by atoms with Gasteiger partial charge in [-0.1, -0.05) is 42.8 Å². The van der Waals surface area contributed by atoms with Crippen molar-refractivity contribution >= 4 is 39.8 Å². The summed E-state index contributed by atoms with van der Waals surface area (Å²) in [7, 11) is 0. The van der Waals surface area contributed by atoms with Crippen LogP contribution in [-0.4, -0.2) is 29.5 Å². The minimum Gasteiger partial charge on any atom is -0.456 e. The molecule has 2 atom stereocenters. The number of nitrogens with zero attached hydrogens (tertiary/aromatic N) is 6. The maximum Gasteiger partial charge on any atom is 0.160 e. The maximum atomic E-state index is 6.59. The fraction of sp³-hybridized carbons (Fsp3) is 0.233. The van der Waals surface area contributed by atoms with Gasteiger partial charge in [-0.05, 0) is 68.0 Å². The topological polar surface area (TPSA) is 90.1 Å². The van der Waals surface area contributed by atoms with Crippen LogP contribution >= 0.6 is 11.6 Å². The molecular formula is C30H28ClN7O. The van der Waals surface area contributed by atoms with Crippen LogP contribution < -0.4 is 10.1 Å². The van der Waals surface area contributed by atoms with Crippen molar-refractivity contribution in [3.05, 3.63) is 96.8 Å². The molecule has 4 aromatic heterocycles. The highest BCUT2D eigenvalue weighted by Gasteiger charge is 2.22. The van der Waals surface area contributed by atoms with Crippen molar-refractivity contribution in [2.45, 2.75) is 38.0 Å². The summed E-state index contributed by atoms with van der Waals surface area (Å²) in [6.45, 7) is 8.09. The molecule has 0 amide bonds. The molecule has 0 radical (unpaired) electrons. The third-order valence-corrected chi connectivity index (χ3v) is 7.65. The molecule has 1 aliphatic rings. The molecule has 0 spiro atoms. The van der Waals surface area contributed by atoms with Gasteiger partial charge >= 0.3 is 0 Å². The smallest absolute Gasteiger partial charge is 0.160 e. The molecule has 1 aromatic carbocycles. The zero-order chi connectivity index (χ0) is 26.8. The Kier molecular flexibility index (Phi) is 6.94. The van der Waals surface area contributed by atoms with Crippen molar-refractivity contribution in [3.63, 3.8) is 0 Å². The van der Waals surface area contributed by atoms with Crippen molar-refractivity contribution in [2.75, 3.05) is 5.32 Å². The van der Waals surface area contributed by atoms with E-state index >= 15 is 0 Å². The van der Waals surface area contributed by atoms with Gasteiger partial charge in [-0.25, -0.2) is 24.5 Å². The Bertz CT molecular complexity index is 1680. The van der Waals surface area contributed by atoms with Crippen molar-refractivity contribution in [2.24, 2.45) is 5.92 Å². The predicted octanol–water partition coefficient (Wildman–Crippen LogP) is 7.66. The Morgan fingerprint density at radius 3 is 2.82 bits per heavy atom. The number of halogens is 1. The van der Waals surface area contributed by atoms with Gasteiger partial charge in [-0.2, -0.15) is 5.10 Å². The molecule has 1 fully saturated rings. The highest BCUT2D eigenvalue weighted by molar-refractivity contribution is 6.32. The first kappa shape index (κ1) is 25.0. The summed E-state index contributed by atoms with van der Waals surface area (Å²) in [5.41, 5.74) is 5.22. The lowest BCUT2D eigenvalue weighted by Crippen LogP contribution is -2.04. The van der Waals surface area contributed by atoms with E-state index in [4.69, 9.17) is 21.3 Å². The standard InChI is InChI=1S/C30H28ClN7O/c1-3-19(2)20-5-4-6-21(8-7-20)25-10-11-26-29(37-25)30(34-17-32-26)36-22-9-12-27(24(31)15-22)39-23-13-14-38-28(16-23)33-18-35-38/h3,9-18,20-21H,1-2,4-8H2,(H,32,34,36). The van der Waals surface area contributed by atoms with Gasteiger partial charge in [0.2, 0.25) is 0 Å². The van der Waals surface area contributed by atoms with Crippen molar-refractivity contribution < 1.29 is 4.74 Å². The van der Waals surface area contributed by atoms with Crippen molar-refractivity contribution in [1.82, 2.24) is 29.5 Å². The number of anilines is 2. The number of ether oxygens (including phenoxy) is 1. The van der Waals surface area contributed by atoms with E-state index in [-0.39, 0.29) is 0 Å². The second kappa shape index (κ2) is 10.8. The zero-order valence-corrected chi connectivity index (χ0v) is 22.2. The molecule has 2 unspecified atom stereocenters. The summed E-state index contributed by atoms with van der Waals surface area (Å²) < 4.78 is 7.66. The van der Waals surface area contributed by atoms with Crippen LogP contribution in [-0.2, 0) is 0 Å². The number of hydrogen-bond donors (Lipinski definition) is 1. The van der Waals surface area contributed by atoms with Crippen LogP contribution in [0.2, 0.25) is 5.02 Å². The number of hydrogen-bond acceptors (Lipinski definition) is 7. The normalized spacial score (nSPS) is 17.6. The molecular weight excluding hydrogens is 510 g/mol. The minimum absolute atomic E-state index is 0.396. The average molecular weight is 538 g/mol. The van der Waals surface area contributed by atoms with Gasteiger partial charge in [-0.15, -0.1) is 0 Å². The second-order valence-corrected chi connectivity index (χ2v) is 10.2. The van der Waals surface area contributed by atoms with Gasteiger partial charge in [0, 0.05) is 29.6 Å². The first-order chi connectivity index (χ1) is 19.1. The summed E-state index contributed by atoms with van der Waals surface area (Å²) in [5.74, 6) is 2.69. The molecule has 196 valence electrons. The van der Waals surface area contributed by atoms with E-state index in [1.165, 1.54) is 6.33 Å². The zero-order valence-electron chi connectivity index (χ0n) is 21.4. The molecule has 1 aliphatic carbocycles. The Morgan fingerprint density at radius 2 is 1.95 bits per heavy atom. The van der Waals surface area contributed by atoms with E-state index in [1.54, 1.807) is 23.1 Å². The number of fused-ring (bicyclic) bond motifs is 2. The number of benzene rings is 1. The number of rotatable bonds is 7. The fourth-order valence-electron chi connectivity index (χ4n) is 5.19. The summed E-state index contributed by atoms with van der Waals surface area (Å²) in [6.07, 6.45) is 12.3. The van der Waals surface area contributed by atoms with Gasteiger partial charge in [0.1, 0.15) is 29.7 Å². The molecule has 8 nitrogen and oxygen atoms in total. The second-order valence-electron chi connectivity index (χ2n) is 9.80. The first-order valence-corrected chi connectivity index (χ1v) is 13.4. The van der Waals surface area contributed by atoms with Crippen LogP contribution in [0.5, 0.6) is 11.5 Å². The monoisotopic (exact) mass is 537 g/mol.